The maximum absolute atomic E-state index is 12.1. The van der Waals surface area contributed by atoms with Crippen molar-refractivity contribution in [3.8, 4) is 0 Å². The van der Waals surface area contributed by atoms with Crippen LogP contribution in [-0.4, -0.2) is 109 Å². The lowest BCUT2D eigenvalue weighted by molar-refractivity contribution is -0.346. The number of hydrogen-bond donors (Lipinski definition) is 0. The van der Waals surface area contributed by atoms with Crippen molar-refractivity contribution in [2.24, 2.45) is 0 Å². The molecule has 2 aliphatic rings. The molecule has 0 aliphatic carbocycles. The molecule has 2 saturated heterocycles. The molecule has 0 aromatic carbocycles. The summed E-state index contributed by atoms with van der Waals surface area (Å²) in [6.07, 6.45) is -13.8. The van der Waals surface area contributed by atoms with Gasteiger partial charge >= 0.3 is 41.8 Å². The smallest absolute Gasteiger partial charge is 0.305 e. The molecule has 10 atom stereocenters. The number of carbonyl (C=O) groups excluding carboxylic acids is 7. The third-order valence-electron chi connectivity index (χ3n) is 5.56. The van der Waals surface area contributed by atoms with Gasteiger partial charge in [0.2, 0.25) is 12.4 Å². The van der Waals surface area contributed by atoms with Crippen LogP contribution in [0.1, 0.15) is 48.5 Å². The summed E-state index contributed by atoms with van der Waals surface area (Å²) in [5.41, 5.74) is 0. The van der Waals surface area contributed by atoms with Crippen LogP contribution in [0.25, 0.3) is 0 Å². The van der Waals surface area contributed by atoms with Gasteiger partial charge in [0, 0.05) is 48.5 Å². The van der Waals surface area contributed by atoms with Gasteiger partial charge in [0.1, 0.15) is 23.8 Å². The number of halogens is 1. The van der Waals surface area contributed by atoms with Crippen LogP contribution in [0.3, 0.4) is 0 Å². The number of rotatable bonds is 10. The Morgan fingerprint density at radius 1 is 0.488 bits per heavy atom. The van der Waals surface area contributed by atoms with E-state index >= 15 is 0 Å². The zero-order chi connectivity index (χ0) is 32.6. The van der Waals surface area contributed by atoms with Crippen molar-refractivity contribution in [3.05, 3.63) is 0 Å². The highest BCUT2D eigenvalue weighted by Gasteiger charge is 2.57. The fourth-order valence-electron chi connectivity index (χ4n) is 4.26. The van der Waals surface area contributed by atoms with Gasteiger partial charge in [-0.05, 0) is 0 Å². The third kappa shape index (κ3) is 10.7. The highest BCUT2D eigenvalue weighted by atomic mass is 79.9. The molecular weight excluding hydrogens is 652 g/mol. The van der Waals surface area contributed by atoms with Crippen molar-refractivity contribution < 1.29 is 80.9 Å². The van der Waals surface area contributed by atoms with Crippen LogP contribution >= 0.6 is 15.9 Å². The van der Waals surface area contributed by atoms with E-state index in [2.05, 4.69) is 15.9 Å². The summed E-state index contributed by atoms with van der Waals surface area (Å²) < 4.78 is 54.6. The van der Waals surface area contributed by atoms with Gasteiger partial charge in [0.25, 0.3) is 0 Å². The molecular formula is C25H33BrO17. The Morgan fingerprint density at radius 2 is 0.884 bits per heavy atom. The lowest BCUT2D eigenvalue weighted by Gasteiger charge is -2.47. The van der Waals surface area contributed by atoms with Crippen LogP contribution < -0.4 is 0 Å². The molecule has 17 nitrogen and oxygen atoms in total. The fourth-order valence-corrected chi connectivity index (χ4v) is 4.90. The maximum atomic E-state index is 12.1. The standard InChI is InChI=1S/C25H33BrO17/c1-9(27)34-8-16-17(35-10(2)28)18(36-11(3)29)21(38-13(5)31)25(41-16)42-20-19(37-12(4)30)22(39-14(6)32)24(40-15(7)33)43-23(20)26/h16-25H,8H2,1-7H3/t16-,17+,18+,19-,20?,21+,22-,23+,24-,25-/m1/s1. The minimum absolute atomic E-state index is 0.533. The molecule has 18 heteroatoms. The van der Waals surface area contributed by atoms with Gasteiger partial charge in [-0.25, -0.2) is 0 Å². The Labute approximate surface area is 254 Å². The van der Waals surface area contributed by atoms with E-state index in [1.54, 1.807) is 0 Å². The Morgan fingerprint density at radius 3 is 1.33 bits per heavy atom. The van der Waals surface area contributed by atoms with Crippen LogP contribution in [-0.2, 0) is 80.9 Å². The molecule has 2 fully saturated rings. The molecule has 242 valence electrons. The summed E-state index contributed by atoms with van der Waals surface area (Å²) in [7, 11) is 0. The van der Waals surface area contributed by atoms with Gasteiger partial charge in [0.15, 0.2) is 30.7 Å². The molecule has 2 aliphatic heterocycles. The first-order chi connectivity index (χ1) is 20.0. The van der Waals surface area contributed by atoms with E-state index < -0.39 is 109 Å². The molecule has 2 heterocycles. The molecule has 0 saturated carbocycles. The van der Waals surface area contributed by atoms with Crippen LogP contribution in [0.15, 0.2) is 0 Å². The van der Waals surface area contributed by atoms with Gasteiger partial charge in [-0.1, -0.05) is 15.9 Å². The molecule has 1 unspecified atom stereocenters. The molecule has 0 radical (unpaired) electrons. The highest BCUT2D eigenvalue weighted by Crippen LogP contribution is 2.36. The predicted molar refractivity (Wildman–Crippen MR) is 137 cm³/mol. The first kappa shape index (κ1) is 35.8. The molecule has 0 aromatic heterocycles. The van der Waals surface area contributed by atoms with E-state index in [0.29, 0.717) is 0 Å². The van der Waals surface area contributed by atoms with Crippen molar-refractivity contribution in [1.82, 2.24) is 0 Å². The third-order valence-corrected chi connectivity index (χ3v) is 6.30. The molecule has 0 bridgehead atoms. The normalized spacial score (nSPS) is 31.9. The van der Waals surface area contributed by atoms with E-state index in [1.807, 2.05) is 0 Å². The molecule has 0 spiro atoms. The first-order valence-electron chi connectivity index (χ1n) is 12.8. The summed E-state index contributed by atoms with van der Waals surface area (Å²) in [6, 6.07) is 0. The van der Waals surface area contributed by atoms with Gasteiger partial charge in [-0.2, -0.15) is 0 Å². The zero-order valence-electron chi connectivity index (χ0n) is 24.3. The van der Waals surface area contributed by atoms with Crippen molar-refractivity contribution in [3.63, 3.8) is 0 Å². The van der Waals surface area contributed by atoms with Gasteiger partial charge < -0.3 is 47.4 Å². The summed E-state index contributed by atoms with van der Waals surface area (Å²) in [6.45, 7) is 6.88. The molecule has 0 aromatic rings. The fraction of sp³-hybridized carbons (Fsp3) is 0.720. The predicted octanol–water partition coefficient (Wildman–Crippen LogP) is -0.0415. The lowest BCUT2D eigenvalue weighted by atomic mass is 9.97. The Balaban J connectivity index is 2.61. The Bertz CT molecular complexity index is 1080. The van der Waals surface area contributed by atoms with E-state index in [0.717, 1.165) is 48.5 Å². The second kappa shape index (κ2) is 15.9. The molecule has 0 amide bonds. The highest BCUT2D eigenvalue weighted by molar-refractivity contribution is 9.09. The lowest BCUT2D eigenvalue weighted by Crippen LogP contribution is -2.66. The van der Waals surface area contributed by atoms with Crippen molar-refractivity contribution in [1.29, 1.82) is 0 Å². The monoisotopic (exact) mass is 684 g/mol. The number of ether oxygens (including phenoxy) is 10. The average Bonchev–Trinajstić information content (AvgIpc) is 2.84. The van der Waals surface area contributed by atoms with E-state index in [1.165, 1.54) is 0 Å². The zero-order valence-corrected chi connectivity index (χ0v) is 25.9. The van der Waals surface area contributed by atoms with E-state index in [-0.39, 0.29) is 0 Å². The quantitative estimate of drug-likeness (QED) is 0.168. The Hall–Kier alpha value is -3.35. The number of alkyl halides is 1. The average molecular weight is 685 g/mol. The second-order valence-corrected chi connectivity index (χ2v) is 10.2. The number of esters is 7. The maximum Gasteiger partial charge on any atom is 0.305 e. The van der Waals surface area contributed by atoms with Crippen LogP contribution in [0.5, 0.6) is 0 Å². The molecule has 0 N–H and O–H groups in total. The van der Waals surface area contributed by atoms with E-state index in [4.69, 9.17) is 47.4 Å². The summed E-state index contributed by atoms with van der Waals surface area (Å²) in [4.78, 5) is 83.5. The molecule has 2 rings (SSSR count). The number of hydrogen-bond acceptors (Lipinski definition) is 17. The van der Waals surface area contributed by atoms with Gasteiger partial charge in [-0.15, -0.1) is 0 Å². The first-order valence-corrected chi connectivity index (χ1v) is 13.7. The largest absolute Gasteiger partial charge is 0.463 e. The van der Waals surface area contributed by atoms with Crippen molar-refractivity contribution >= 4 is 57.7 Å². The second-order valence-electron chi connectivity index (χ2n) is 9.28. The topological polar surface area (TPSA) is 212 Å². The molecule has 43 heavy (non-hydrogen) atoms. The van der Waals surface area contributed by atoms with Crippen molar-refractivity contribution in [2.45, 2.75) is 109 Å². The van der Waals surface area contributed by atoms with Crippen molar-refractivity contribution in [2.75, 3.05) is 6.61 Å². The Kier molecular flexibility index (Phi) is 13.3. The van der Waals surface area contributed by atoms with Crippen LogP contribution in [0.4, 0.5) is 0 Å². The summed E-state index contributed by atoms with van der Waals surface area (Å²) in [5, 5.41) is -1.26. The van der Waals surface area contributed by atoms with E-state index in [9.17, 15) is 33.6 Å². The minimum atomic E-state index is -1.71. The SMILES string of the molecule is CC(=O)OC[C@H]1O[C@H](OC2[C@@H](OC(C)=O)[C@@H](OC(C)=O)[C@H](OC(C)=O)O[C@@H]2Br)[C@@H](OC(C)=O)[C@@H](OC(C)=O)[C@H]1OC(C)=O. The van der Waals surface area contributed by atoms with Gasteiger partial charge in [0.05, 0.1) is 0 Å². The van der Waals surface area contributed by atoms with Crippen LogP contribution in [0.2, 0.25) is 0 Å². The van der Waals surface area contributed by atoms with Crippen LogP contribution in [0, 0.1) is 0 Å². The summed E-state index contributed by atoms with van der Waals surface area (Å²) >= 11 is 3.21. The van der Waals surface area contributed by atoms with Gasteiger partial charge in [-0.3, -0.25) is 33.6 Å². The minimum Gasteiger partial charge on any atom is -0.463 e. The summed E-state index contributed by atoms with van der Waals surface area (Å²) in [5.74, 6) is -5.87. The number of carbonyl (C=O) groups is 7.